The minimum atomic E-state index is 0.626. The highest BCUT2D eigenvalue weighted by atomic mass is 14.2. The van der Waals surface area contributed by atoms with E-state index in [0.717, 1.165) is 11.8 Å². The molecular weight excluding hydrogens is 372 g/mol. The molecule has 0 saturated heterocycles. The smallest absolute Gasteiger partial charge is 0.0206 e. The lowest BCUT2D eigenvalue weighted by atomic mass is 9.80. The van der Waals surface area contributed by atoms with Gasteiger partial charge in [-0.25, -0.2) is 0 Å². The van der Waals surface area contributed by atoms with E-state index >= 15 is 0 Å². The van der Waals surface area contributed by atoms with Crippen molar-refractivity contribution < 1.29 is 0 Å². The van der Waals surface area contributed by atoms with Gasteiger partial charge < -0.3 is 0 Å². The van der Waals surface area contributed by atoms with Gasteiger partial charge in [-0.3, -0.25) is 0 Å². The summed E-state index contributed by atoms with van der Waals surface area (Å²) in [5.41, 5.74) is 0. The summed E-state index contributed by atoms with van der Waals surface area (Å²) in [6, 6.07) is 0. The van der Waals surface area contributed by atoms with Crippen LogP contribution < -0.4 is 0 Å². The predicted molar refractivity (Wildman–Crippen MR) is 138 cm³/mol. The Hall–Kier alpha value is -1.14. The monoisotopic (exact) mass is 422 g/mol. The second-order valence-corrected chi connectivity index (χ2v) is 10.4. The van der Waals surface area contributed by atoms with E-state index in [9.17, 15) is 0 Å². The summed E-state index contributed by atoms with van der Waals surface area (Å²) in [7, 11) is 0. The first-order chi connectivity index (χ1) is 15.3. The molecule has 174 valence electrons. The van der Waals surface area contributed by atoms with Crippen LogP contribution in [0.4, 0.5) is 0 Å². The van der Waals surface area contributed by atoms with Crippen molar-refractivity contribution in [2.75, 3.05) is 0 Å². The van der Waals surface area contributed by atoms with Gasteiger partial charge in [-0.1, -0.05) is 108 Å². The largest absolute Gasteiger partial charge is 0.0951 e. The van der Waals surface area contributed by atoms with Crippen LogP contribution in [0.15, 0.2) is 12.2 Å². The Balaban J connectivity index is 1.53. The van der Waals surface area contributed by atoms with Gasteiger partial charge >= 0.3 is 0 Å². The number of allylic oxidation sites excluding steroid dienone is 2. The first-order valence-electron chi connectivity index (χ1n) is 14.0. The van der Waals surface area contributed by atoms with Crippen molar-refractivity contribution in [3.63, 3.8) is 0 Å². The second kappa shape index (κ2) is 17.4. The van der Waals surface area contributed by atoms with Crippen LogP contribution in [-0.4, -0.2) is 0 Å². The van der Waals surface area contributed by atoms with Gasteiger partial charge in [-0.05, 0) is 75.4 Å². The maximum Gasteiger partial charge on any atom is 0.0206 e. The number of unbranched alkanes of at least 4 members (excludes halogenated alkanes) is 7. The molecule has 0 heterocycles. The van der Waals surface area contributed by atoms with Gasteiger partial charge in [0.05, 0.1) is 0 Å². The molecule has 0 bridgehead atoms. The molecule has 0 heteroatoms. The summed E-state index contributed by atoms with van der Waals surface area (Å²) >= 11 is 0. The van der Waals surface area contributed by atoms with Gasteiger partial charge in [0.25, 0.3) is 0 Å². The zero-order valence-corrected chi connectivity index (χ0v) is 20.9. The van der Waals surface area contributed by atoms with Gasteiger partial charge in [-0.15, -0.1) is 0 Å². The van der Waals surface area contributed by atoms with Gasteiger partial charge in [0.1, 0.15) is 0 Å². The molecule has 2 fully saturated rings. The molecule has 0 spiro atoms. The molecule has 0 N–H and O–H groups in total. The van der Waals surface area contributed by atoms with Crippen LogP contribution in [-0.2, 0) is 0 Å². The normalized spacial score (nSPS) is 26.1. The lowest BCUT2D eigenvalue weighted by molar-refractivity contribution is 0.294. The highest BCUT2D eigenvalue weighted by Gasteiger charge is 2.20. The van der Waals surface area contributed by atoms with Crippen molar-refractivity contribution in [1.29, 1.82) is 0 Å². The highest BCUT2D eigenvalue weighted by molar-refractivity contribution is 5.26. The van der Waals surface area contributed by atoms with Gasteiger partial charge in [0.2, 0.25) is 0 Å². The third-order valence-corrected chi connectivity index (χ3v) is 7.70. The fourth-order valence-corrected chi connectivity index (χ4v) is 5.50. The summed E-state index contributed by atoms with van der Waals surface area (Å²) in [6.07, 6.45) is 30.5. The first-order valence-corrected chi connectivity index (χ1v) is 14.0. The molecule has 2 saturated carbocycles. The van der Waals surface area contributed by atoms with Crippen LogP contribution in [0.5, 0.6) is 0 Å². The van der Waals surface area contributed by atoms with Crippen molar-refractivity contribution in [1.82, 2.24) is 0 Å². The summed E-state index contributed by atoms with van der Waals surface area (Å²) < 4.78 is 0. The Morgan fingerprint density at radius 3 is 1.32 bits per heavy atom. The SMILES string of the molecule is CCCCCCC[C@H]1CC[C@H](C#C/C=C/C#C[C@H]2CC[C@H](CCCCCC)CC2)CC1. The third kappa shape index (κ3) is 12.5. The van der Waals surface area contributed by atoms with E-state index in [0.29, 0.717) is 11.8 Å². The molecule has 0 aromatic heterocycles. The maximum atomic E-state index is 3.49. The minimum Gasteiger partial charge on any atom is -0.0951 e. The van der Waals surface area contributed by atoms with Crippen LogP contribution in [0.2, 0.25) is 0 Å². The zero-order valence-electron chi connectivity index (χ0n) is 20.9. The van der Waals surface area contributed by atoms with Gasteiger partial charge in [0.15, 0.2) is 0 Å². The molecule has 0 aromatic rings. The zero-order chi connectivity index (χ0) is 22.0. The first kappa shape index (κ1) is 26.1. The molecule has 0 amide bonds. The van der Waals surface area contributed by atoms with Gasteiger partial charge in [0, 0.05) is 11.8 Å². The minimum absolute atomic E-state index is 0.626. The molecule has 2 aliphatic rings. The molecule has 0 aromatic carbocycles. The van der Waals surface area contributed by atoms with Crippen molar-refractivity contribution >= 4 is 0 Å². The van der Waals surface area contributed by atoms with E-state index in [1.807, 2.05) is 12.2 Å². The summed E-state index contributed by atoms with van der Waals surface area (Å²) in [5, 5.41) is 0. The van der Waals surface area contributed by atoms with Crippen LogP contribution in [0, 0.1) is 47.4 Å². The van der Waals surface area contributed by atoms with E-state index < -0.39 is 0 Å². The van der Waals surface area contributed by atoms with Crippen LogP contribution in [0.3, 0.4) is 0 Å². The maximum absolute atomic E-state index is 3.49. The number of hydrogen-bond donors (Lipinski definition) is 0. The van der Waals surface area contributed by atoms with Crippen molar-refractivity contribution in [2.45, 2.75) is 136 Å². The van der Waals surface area contributed by atoms with Crippen LogP contribution >= 0.6 is 0 Å². The van der Waals surface area contributed by atoms with Crippen LogP contribution in [0.1, 0.15) is 136 Å². The second-order valence-electron chi connectivity index (χ2n) is 10.4. The lowest BCUT2D eigenvalue weighted by Gasteiger charge is -2.25. The quantitative estimate of drug-likeness (QED) is 0.230. The molecule has 0 radical (unpaired) electrons. The predicted octanol–water partition coefficient (Wildman–Crippen LogP) is 9.49. The fraction of sp³-hybridized carbons (Fsp3) is 0.806. The highest BCUT2D eigenvalue weighted by Crippen LogP contribution is 2.32. The van der Waals surface area contributed by atoms with Crippen molar-refractivity contribution in [3.05, 3.63) is 12.2 Å². The molecule has 31 heavy (non-hydrogen) atoms. The lowest BCUT2D eigenvalue weighted by Crippen LogP contribution is -2.13. The Labute approximate surface area is 195 Å². The molecule has 0 atom stereocenters. The number of hydrogen-bond acceptors (Lipinski definition) is 0. The third-order valence-electron chi connectivity index (χ3n) is 7.70. The topological polar surface area (TPSA) is 0 Å². The fourth-order valence-electron chi connectivity index (χ4n) is 5.50. The summed E-state index contributed by atoms with van der Waals surface area (Å²) in [6.45, 7) is 4.59. The Morgan fingerprint density at radius 2 is 0.903 bits per heavy atom. The van der Waals surface area contributed by atoms with E-state index in [4.69, 9.17) is 0 Å². The Morgan fingerprint density at radius 1 is 0.516 bits per heavy atom. The van der Waals surface area contributed by atoms with Gasteiger partial charge in [-0.2, -0.15) is 0 Å². The van der Waals surface area contributed by atoms with E-state index in [-0.39, 0.29) is 0 Å². The molecular formula is C31H50. The average Bonchev–Trinajstić information content (AvgIpc) is 2.80. The average molecular weight is 423 g/mol. The van der Waals surface area contributed by atoms with Crippen molar-refractivity contribution in [3.8, 4) is 23.7 Å². The molecule has 0 nitrogen and oxygen atoms in total. The van der Waals surface area contributed by atoms with E-state index in [1.54, 1.807) is 0 Å². The molecule has 2 rings (SSSR count). The summed E-state index contributed by atoms with van der Waals surface area (Å²) in [4.78, 5) is 0. The van der Waals surface area contributed by atoms with Crippen LogP contribution in [0.25, 0.3) is 0 Å². The standard InChI is InChI=1S/C31H50/c1-3-5-7-9-13-17-29-24-26-31(27-25-29)19-15-11-10-14-18-30-22-20-28(21-23-30)16-12-8-6-4-2/h10-11,28-31H,3-9,12-13,16-17,20-27H2,1-2H3/b11-10+/t28-,29-,30-,31-. The molecule has 0 unspecified atom stereocenters. The van der Waals surface area contributed by atoms with E-state index in [2.05, 4.69) is 37.5 Å². The Kier molecular flexibility index (Phi) is 14.7. The molecule has 2 aliphatic carbocycles. The summed E-state index contributed by atoms with van der Waals surface area (Å²) in [5.74, 6) is 16.8. The Bertz CT molecular complexity index is 573. The number of rotatable bonds is 11. The van der Waals surface area contributed by atoms with Crippen molar-refractivity contribution in [2.24, 2.45) is 23.7 Å². The molecule has 0 aliphatic heterocycles. The van der Waals surface area contributed by atoms with E-state index in [1.165, 1.54) is 122 Å².